The van der Waals surface area contributed by atoms with Crippen LogP contribution in [0.5, 0.6) is 0 Å². The van der Waals surface area contributed by atoms with Crippen molar-refractivity contribution in [3.05, 3.63) is 24.3 Å². The zero-order valence-corrected chi connectivity index (χ0v) is 45.2. The quantitative estimate of drug-likeness (QED) is 0.0262. The summed E-state index contributed by atoms with van der Waals surface area (Å²) < 4.78 is 16.7. The Bertz CT molecular complexity index is 1080. The molecule has 6 nitrogen and oxygen atoms in total. The van der Waals surface area contributed by atoms with Crippen molar-refractivity contribution in [2.24, 2.45) is 0 Å². The van der Waals surface area contributed by atoms with Gasteiger partial charge in [-0.1, -0.05) is 270 Å². The monoisotopic (exact) mass is 943 g/mol. The van der Waals surface area contributed by atoms with E-state index in [9.17, 15) is 14.4 Å². The first-order valence-corrected chi connectivity index (χ1v) is 29.8. The minimum atomic E-state index is -0.768. The van der Waals surface area contributed by atoms with Crippen molar-refractivity contribution in [2.45, 2.75) is 335 Å². The number of carbonyl (C=O) groups is 3. The number of hydrogen-bond acceptors (Lipinski definition) is 6. The van der Waals surface area contributed by atoms with Gasteiger partial charge in [0.1, 0.15) is 13.2 Å². The molecule has 0 aromatic rings. The molecule has 0 radical (unpaired) electrons. The second-order valence-corrected chi connectivity index (χ2v) is 20.3. The molecule has 0 rings (SSSR count). The third-order valence-electron chi connectivity index (χ3n) is 13.4. The van der Waals surface area contributed by atoms with Crippen LogP contribution in [0.3, 0.4) is 0 Å². The molecule has 394 valence electrons. The minimum absolute atomic E-state index is 0.0703. The molecular weight excluding hydrogens is 829 g/mol. The average Bonchev–Trinajstić information content (AvgIpc) is 3.33. The lowest BCUT2D eigenvalue weighted by Gasteiger charge is -2.18. The lowest BCUT2D eigenvalue weighted by Crippen LogP contribution is -2.30. The molecule has 0 aliphatic rings. The average molecular weight is 944 g/mol. The molecule has 0 amide bonds. The number of hydrogen-bond donors (Lipinski definition) is 0. The molecule has 0 heterocycles. The summed E-state index contributed by atoms with van der Waals surface area (Å²) in [6.45, 7) is 6.59. The van der Waals surface area contributed by atoms with Gasteiger partial charge < -0.3 is 14.2 Å². The Morgan fingerprint density at radius 2 is 0.507 bits per heavy atom. The molecule has 0 saturated carbocycles. The molecule has 0 bridgehead atoms. The van der Waals surface area contributed by atoms with Gasteiger partial charge in [-0.3, -0.25) is 14.4 Å². The molecule has 0 aromatic heterocycles. The SMILES string of the molecule is CCCC/C=C\CCCCCCCC(=O)OC(COC(=O)CCCCCCCCC)COC(=O)CCCCCCCCCCCCCCCCCCCCC/C=C\CCCCCCCCCC. The van der Waals surface area contributed by atoms with E-state index < -0.39 is 6.10 Å². The molecule has 0 aliphatic carbocycles. The molecule has 0 N–H and O–H groups in total. The number of carbonyl (C=O) groups excluding carboxylic acids is 3. The molecular formula is C61H114O6. The first kappa shape index (κ1) is 64.9. The predicted molar refractivity (Wildman–Crippen MR) is 289 cm³/mol. The van der Waals surface area contributed by atoms with Crippen LogP contribution < -0.4 is 0 Å². The highest BCUT2D eigenvalue weighted by Gasteiger charge is 2.19. The first-order chi connectivity index (χ1) is 33.0. The second kappa shape index (κ2) is 56.5. The van der Waals surface area contributed by atoms with Crippen molar-refractivity contribution < 1.29 is 28.6 Å². The summed E-state index contributed by atoms with van der Waals surface area (Å²) in [4.78, 5) is 37.8. The van der Waals surface area contributed by atoms with Crippen LogP contribution >= 0.6 is 0 Å². The number of ether oxygens (including phenoxy) is 3. The molecule has 6 heteroatoms. The van der Waals surface area contributed by atoms with Gasteiger partial charge in [0.25, 0.3) is 0 Å². The third kappa shape index (κ3) is 54.7. The van der Waals surface area contributed by atoms with Gasteiger partial charge in [0, 0.05) is 19.3 Å². The lowest BCUT2D eigenvalue weighted by atomic mass is 10.0. The Labute approximate surface area is 417 Å². The van der Waals surface area contributed by atoms with Crippen LogP contribution in [0.1, 0.15) is 329 Å². The Kier molecular flexibility index (Phi) is 54.7. The number of unbranched alkanes of at least 4 members (excludes halogenated alkanes) is 40. The molecule has 67 heavy (non-hydrogen) atoms. The molecule has 0 saturated heterocycles. The zero-order valence-electron chi connectivity index (χ0n) is 45.2. The Hall–Kier alpha value is -2.11. The smallest absolute Gasteiger partial charge is 0.306 e. The van der Waals surface area contributed by atoms with Gasteiger partial charge in [-0.05, 0) is 64.2 Å². The summed E-state index contributed by atoms with van der Waals surface area (Å²) in [5, 5.41) is 0. The number of allylic oxidation sites excluding steroid dienone is 4. The van der Waals surface area contributed by atoms with Crippen molar-refractivity contribution in [2.75, 3.05) is 13.2 Å². The maximum atomic E-state index is 12.7. The molecule has 0 aliphatic heterocycles. The van der Waals surface area contributed by atoms with Crippen LogP contribution in [0.4, 0.5) is 0 Å². The van der Waals surface area contributed by atoms with Crippen molar-refractivity contribution in [1.29, 1.82) is 0 Å². The Balaban J connectivity index is 3.92. The summed E-state index contributed by atoms with van der Waals surface area (Å²) in [6, 6.07) is 0. The van der Waals surface area contributed by atoms with E-state index in [4.69, 9.17) is 14.2 Å². The van der Waals surface area contributed by atoms with Crippen LogP contribution in [0.15, 0.2) is 24.3 Å². The van der Waals surface area contributed by atoms with Gasteiger partial charge in [0.2, 0.25) is 0 Å². The maximum Gasteiger partial charge on any atom is 0.306 e. The van der Waals surface area contributed by atoms with Gasteiger partial charge in [-0.25, -0.2) is 0 Å². The molecule has 0 fully saturated rings. The van der Waals surface area contributed by atoms with Gasteiger partial charge >= 0.3 is 17.9 Å². The topological polar surface area (TPSA) is 78.9 Å². The molecule has 1 atom stereocenters. The van der Waals surface area contributed by atoms with E-state index in [0.29, 0.717) is 19.3 Å². The van der Waals surface area contributed by atoms with Gasteiger partial charge in [-0.15, -0.1) is 0 Å². The Morgan fingerprint density at radius 3 is 0.791 bits per heavy atom. The van der Waals surface area contributed by atoms with Crippen LogP contribution in [0.25, 0.3) is 0 Å². The highest BCUT2D eigenvalue weighted by Crippen LogP contribution is 2.17. The minimum Gasteiger partial charge on any atom is -0.462 e. The summed E-state index contributed by atoms with van der Waals surface area (Å²) in [5.74, 6) is -0.872. The van der Waals surface area contributed by atoms with Gasteiger partial charge in [-0.2, -0.15) is 0 Å². The first-order valence-electron chi connectivity index (χ1n) is 29.8. The fraction of sp³-hybridized carbons (Fsp3) is 0.885. The summed E-state index contributed by atoms with van der Waals surface area (Å²) in [7, 11) is 0. The largest absolute Gasteiger partial charge is 0.462 e. The van der Waals surface area contributed by atoms with Crippen LogP contribution in [-0.2, 0) is 28.6 Å². The maximum absolute atomic E-state index is 12.7. The lowest BCUT2D eigenvalue weighted by molar-refractivity contribution is -0.167. The summed E-state index contributed by atoms with van der Waals surface area (Å²) >= 11 is 0. The zero-order chi connectivity index (χ0) is 48.6. The van der Waals surface area contributed by atoms with E-state index in [0.717, 1.165) is 64.2 Å². The number of rotatable bonds is 55. The predicted octanol–water partition coefficient (Wildman–Crippen LogP) is 19.9. The summed E-state index contributed by atoms with van der Waals surface area (Å²) in [6.07, 6.45) is 66.6. The molecule has 0 aromatic carbocycles. The van der Waals surface area contributed by atoms with Gasteiger partial charge in [0.15, 0.2) is 6.10 Å². The number of esters is 3. The van der Waals surface area contributed by atoms with Gasteiger partial charge in [0.05, 0.1) is 0 Å². The molecule has 0 spiro atoms. The fourth-order valence-electron chi connectivity index (χ4n) is 8.89. The fourth-order valence-corrected chi connectivity index (χ4v) is 8.89. The standard InChI is InChI=1S/C61H114O6/c1-4-7-10-13-16-18-20-21-22-23-24-25-26-27-28-29-30-31-32-33-34-35-36-37-38-39-41-42-45-48-51-54-60(63)66-57-58(56-65-59(62)53-50-47-44-15-12-9-6-3)67-61(64)55-52-49-46-43-40-19-17-14-11-8-5-2/h14,17,23-24,58H,4-13,15-16,18-22,25-57H2,1-3H3/b17-14-,24-23-. The van der Waals surface area contributed by atoms with Crippen LogP contribution in [-0.4, -0.2) is 37.2 Å². The molecule has 1 unspecified atom stereocenters. The van der Waals surface area contributed by atoms with Crippen LogP contribution in [0.2, 0.25) is 0 Å². The summed E-state index contributed by atoms with van der Waals surface area (Å²) in [5.41, 5.74) is 0. The van der Waals surface area contributed by atoms with Crippen LogP contribution in [0, 0.1) is 0 Å². The van der Waals surface area contributed by atoms with Crippen molar-refractivity contribution >= 4 is 17.9 Å². The van der Waals surface area contributed by atoms with E-state index >= 15 is 0 Å². The van der Waals surface area contributed by atoms with Crippen molar-refractivity contribution in [1.82, 2.24) is 0 Å². The van der Waals surface area contributed by atoms with E-state index in [1.807, 2.05) is 0 Å². The highest BCUT2D eigenvalue weighted by atomic mass is 16.6. The van der Waals surface area contributed by atoms with E-state index in [2.05, 4.69) is 45.1 Å². The normalized spacial score (nSPS) is 12.1. The highest BCUT2D eigenvalue weighted by molar-refractivity contribution is 5.71. The third-order valence-corrected chi connectivity index (χ3v) is 13.4. The second-order valence-electron chi connectivity index (χ2n) is 20.3. The van der Waals surface area contributed by atoms with E-state index in [-0.39, 0.29) is 31.1 Å². The van der Waals surface area contributed by atoms with E-state index in [1.165, 1.54) is 225 Å². The Morgan fingerprint density at radius 1 is 0.284 bits per heavy atom. The van der Waals surface area contributed by atoms with Crippen molar-refractivity contribution in [3.63, 3.8) is 0 Å². The van der Waals surface area contributed by atoms with Crippen molar-refractivity contribution in [3.8, 4) is 0 Å². The van der Waals surface area contributed by atoms with E-state index in [1.54, 1.807) is 0 Å².